The molecule has 0 saturated carbocycles. The van der Waals surface area contributed by atoms with Gasteiger partial charge in [0.2, 0.25) is 0 Å². The molecule has 0 unspecified atom stereocenters. The molecule has 1 aromatic heterocycles. The van der Waals surface area contributed by atoms with E-state index >= 15 is 0 Å². The van der Waals surface area contributed by atoms with E-state index in [1.807, 2.05) is 0 Å². The maximum absolute atomic E-state index is 12.1. The van der Waals surface area contributed by atoms with Gasteiger partial charge in [0.05, 0.1) is 13.2 Å². The summed E-state index contributed by atoms with van der Waals surface area (Å²) in [6.45, 7) is 8.16. The number of aromatic nitrogens is 2. The lowest BCUT2D eigenvalue weighted by atomic mass is 10.3. The van der Waals surface area contributed by atoms with E-state index in [1.165, 1.54) is 0 Å². The Morgan fingerprint density at radius 2 is 2.12 bits per heavy atom. The number of nitrogens with zero attached hydrogens (tertiary/aromatic N) is 3. The van der Waals surface area contributed by atoms with Gasteiger partial charge in [0, 0.05) is 52.5 Å². The van der Waals surface area contributed by atoms with Crippen molar-refractivity contribution < 1.29 is 14.3 Å². The van der Waals surface area contributed by atoms with E-state index in [2.05, 4.69) is 25.5 Å². The number of carbonyl (C=O) groups is 1. The van der Waals surface area contributed by atoms with Crippen LogP contribution in [0.4, 0.5) is 5.82 Å². The van der Waals surface area contributed by atoms with Gasteiger partial charge in [0.25, 0.3) is 5.91 Å². The van der Waals surface area contributed by atoms with Crippen LogP contribution >= 0.6 is 0 Å². The number of carbonyl (C=O) groups excluding carboxylic acids is 1. The van der Waals surface area contributed by atoms with Gasteiger partial charge in [0.15, 0.2) is 0 Å². The van der Waals surface area contributed by atoms with Gasteiger partial charge >= 0.3 is 0 Å². The summed E-state index contributed by atoms with van der Waals surface area (Å²) < 4.78 is 10.3. The van der Waals surface area contributed by atoms with Crippen LogP contribution in [-0.4, -0.2) is 80.4 Å². The Morgan fingerprint density at radius 3 is 2.88 bits per heavy atom. The molecule has 0 radical (unpaired) electrons. The molecule has 24 heavy (non-hydrogen) atoms. The van der Waals surface area contributed by atoms with Crippen LogP contribution < -0.4 is 10.6 Å². The molecule has 0 atom stereocenters. The summed E-state index contributed by atoms with van der Waals surface area (Å²) in [4.78, 5) is 23.0. The number of rotatable bonds is 9. The number of nitrogens with one attached hydrogen (secondary N) is 2. The molecule has 0 aliphatic carbocycles. The Hall–Kier alpha value is -1.77. The highest BCUT2D eigenvalue weighted by Crippen LogP contribution is 2.07. The molecule has 2 heterocycles. The van der Waals surface area contributed by atoms with Crippen LogP contribution in [0.5, 0.6) is 0 Å². The average Bonchev–Trinajstić information content (AvgIpc) is 2.59. The van der Waals surface area contributed by atoms with Crippen molar-refractivity contribution >= 4 is 11.7 Å². The summed E-state index contributed by atoms with van der Waals surface area (Å²) in [5.41, 5.74) is 0.383. The molecule has 0 bridgehead atoms. The van der Waals surface area contributed by atoms with Crippen molar-refractivity contribution in [3.05, 3.63) is 17.6 Å². The van der Waals surface area contributed by atoms with Crippen LogP contribution in [0.25, 0.3) is 0 Å². The number of methoxy groups -OCH3 is 1. The normalized spacial score (nSPS) is 15.2. The number of hydrogen-bond acceptors (Lipinski definition) is 7. The van der Waals surface area contributed by atoms with E-state index in [4.69, 9.17) is 9.47 Å². The number of amides is 1. The predicted octanol–water partition coefficient (Wildman–Crippen LogP) is 0.295. The Kier molecular flexibility index (Phi) is 7.87. The van der Waals surface area contributed by atoms with Gasteiger partial charge in [-0.15, -0.1) is 0 Å². The topological polar surface area (TPSA) is 88.6 Å². The van der Waals surface area contributed by atoms with E-state index < -0.39 is 0 Å². The Labute approximate surface area is 142 Å². The molecule has 1 aromatic rings. The molecular formula is C16H27N5O3. The minimum atomic E-state index is -0.187. The average molecular weight is 337 g/mol. The van der Waals surface area contributed by atoms with Gasteiger partial charge in [-0.05, 0) is 13.3 Å². The van der Waals surface area contributed by atoms with Crippen molar-refractivity contribution in [2.75, 3.05) is 65.0 Å². The summed E-state index contributed by atoms with van der Waals surface area (Å²) in [5, 5.41) is 6.11. The fourth-order valence-electron chi connectivity index (χ4n) is 2.45. The van der Waals surface area contributed by atoms with E-state index in [1.54, 1.807) is 20.1 Å². The van der Waals surface area contributed by atoms with Gasteiger partial charge in [-0.25, -0.2) is 9.97 Å². The summed E-state index contributed by atoms with van der Waals surface area (Å²) >= 11 is 0. The lowest BCUT2D eigenvalue weighted by Gasteiger charge is -2.26. The maximum Gasteiger partial charge on any atom is 0.270 e. The zero-order valence-electron chi connectivity index (χ0n) is 14.5. The first-order valence-corrected chi connectivity index (χ1v) is 8.36. The predicted molar refractivity (Wildman–Crippen MR) is 91.3 cm³/mol. The SMILES string of the molecule is COCCCNC(=O)c1cc(NCCN2CCOCC2)nc(C)n1. The summed E-state index contributed by atoms with van der Waals surface area (Å²) in [5.74, 6) is 1.07. The molecule has 8 heteroatoms. The molecule has 0 spiro atoms. The van der Waals surface area contributed by atoms with Gasteiger partial charge in [0.1, 0.15) is 17.3 Å². The van der Waals surface area contributed by atoms with Crippen molar-refractivity contribution in [1.29, 1.82) is 0 Å². The molecular weight excluding hydrogens is 310 g/mol. The lowest BCUT2D eigenvalue weighted by Crippen LogP contribution is -2.39. The van der Waals surface area contributed by atoms with Crippen LogP contribution in [0, 0.1) is 6.92 Å². The van der Waals surface area contributed by atoms with E-state index in [9.17, 15) is 4.79 Å². The number of ether oxygens (including phenoxy) is 2. The second-order valence-corrected chi connectivity index (χ2v) is 5.67. The highest BCUT2D eigenvalue weighted by molar-refractivity contribution is 5.92. The van der Waals surface area contributed by atoms with Crippen LogP contribution in [0.2, 0.25) is 0 Å². The molecule has 2 N–H and O–H groups in total. The minimum absolute atomic E-state index is 0.187. The van der Waals surface area contributed by atoms with Gasteiger partial charge in [-0.3, -0.25) is 9.69 Å². The molecule has 1 fully saturated rings. The molecule has 2 rings (SSSR count). The highest BCUT2D eigenvalue weighted by atomic mass is 16.5. The van der Waals surface area contributed by atoms with Gasteiger partial charge < -0.3 is 20.1 Å². The molecule has 8 nitrogen and oxygen atoms in total. The zero-order chi connectivity index (χ0) is 17.2. The van der Waals surface area contributed by atoms with Crippen LogP contribution in [0.15, 0.2) is 6.07 Å². The first-order valence-electron chi connectivity index (χ1n) is 8.36. The first-order chi connectivity index (χ1) is 11.7. The van der Waals surface area contributed by atoms with E-state index in [0.717, 1.165) is 45.8 Å². The Morgan fingerprint density at radius 1 is 1.33 bits per heavy atom. The number of anilines is 1. The molecule has 134 valence electrons. The maximum atomic E-state index is 12.1. The quantitative estimate of drug-likeness (QED) is 0.626. The number of hydrogen-bond donors (Lipinski definition) is 2. The zero-order valence-corrected chi connectivity index (χ0v) is 14.5. The number of morpholine rings is 1. The molecule has 1 aliphatic rings. The largest absolute Gasteiger partial charge is 0.385 e. The van der Waals surface area contributed by atoms with Crippen LogP contribution in [0.1, 0.15) is 22.7 Å². The summed E-state index contributed by atoms with van der Waals surface area (Å²) in [6.07, 6.45) is 0.775. The fraction of sp³-hybridized carbons (Fsp3) is 0.688. The Balaban J connectivity index is 1.82. The van der Waals surface area contributed by atoms with Crippen molar-refractivity contribution in [2.45, 2.75) is 13.3 Å². The van der Waals surface area contributed by atoms with Crippen molar-refractivity contribution in [2.24, 2.45) is 0 Å². The Bertz CT molecular complexity index is 520. The van der Waals surface area contributed by atoms with E-state index in [0.29, 0.717) is 30.5 Å². The molecule has 1 aliphatic heterocycles. The molecule has 0 aromatic carbocycles. The summed E-state index contributed by atoms with van der Waals surface area (Å²) in [6, 6.07) is 1.69. The second kappa shape index (κ2) is 10.2. The highest BCUT2D eigenvalue weighted by Gasteiger charge is 2.12. The third-order valence-corrected chi connectivity index (χ3v) is 3.72. The minimum Gasteiger partial charge on any atom is -0.385 e. The van der Waals surface area contributed by atoms with Gasteiger partial charge in [-0.1, -0.05) is 0 Å². The van der Waals surface area contributed by atoms with Gasteiger partial charge in [-0.2, -0.15) is 0 Å². The third kappa shape index (κ3) is 6.38. The van der Waals surface area contributed by atoms with Crippen LogP contribution in [-0.2, 0) is 9.47 Å². The molecule has 1 saturated heterocycles. The number of aryl methyl sites for hydroxylation is 1. The standard InChI is InChI=1S/C16H27N5O3/c1-13-19-14(16(22)18-4-3-9-23-2)12-15(20-13)17-5-6-21-7-10-24-11-8-21/h12H,3-11H2,1-2H3,(H,18,22)(H,17,19,20). The van der Waals surface area contributed by atoms with Crippen LogP contribution in [0.3, 0.4) is 0 Å². The van der Waals surface area contributed by atoms with E-state index in [-0.39, 0.29) is 5.91 Å². The lowest BCUT2D eigenvalue weighted by molar-refractivity contribution is 0.0398. The summed E-state index contributed by atoms with van der Waals surface area (Å²) in [7, 11) is 1.64. The first kappa shape index (κ1) is 18.6. The fourth-order valence-corrected chi connectivity index (χ4v) is 2.45. The molecule has 1 amide bonds. The van der Waals surface area contributed by atoms with Crippen molar-refractivity contribution in [3.8, 4) is 0 Å². The third-order valence-electron chi connectivity index (χ3n) is 3.72. The van der Waals surface area contributed by atoms with Crippen molar-refractivity contribution in [1.82, 2.24) is 20.2 Å². The van der Waals surface area contributed by atoms with Crippen molar-refractivity contribution in [3.63, 3.8) is 0 Å². The monoisotopic (exact) mass is 337 g/mol. The smallest absolute Gasteiger partial charge is 0.270 e. The second-order valence-electron chi connectivity index (χ2n) is 5.67.